The van der Waals surface area contributed by atoms with E-state index < -0.39 is 0 Å². The first-order valence-electron chi connectivity index (χ1n) is 3.02. The van der Waals surface area contributed by atoms with Gasteiger partial charge >= 0.3 is 0 Å². The molecule has 4 heteroatoms. The topological polar surface area (TPSA) is 24.7 Å². The Balaban J connectivity index is 2.20. The van der Waals surface area contributed by atoms with Crippen molar-refractivity contribution in [2.24, 2.45) is 9.63 Å². The zero-order valence-electron chi connectivity index (χ0n) is 5.23. The van der Waals surface area contributed by atoms with Crippen molar-refractivity contribution >= 4 is 23.3 Å². The summed E-state index contributed by atoms with van der Waals surface area (Å²) in [7, 11) is 0. The summed E-state index contributed by atoms with van der Waals surface area (Å²) in [5.41, 5.74) is 0. The summed E-state index contributed by atoms with van der Waals surface area (Å²) < 4.78 is 3.87. The van der Waals surface area contributed by atoms with E-state index >= 15 is 0 Å². The summed E-state index contributed by atoms with van der Waals surface area (Å²) in [6.07, 6.45) is 0. The molecule has 0 aromatic carbocycles. The molecule has 0 radical (unpaired) electrons. The Bertz CT molecular complexity index is 230. The van der Waals surface area contributed by atoms with E-state index in [0.29, 0.717) is 6.04 Å². The van der Waals surface area contributed by atoms with Crippen molar-refractivity contribution in [3.63, 3.8) is 0 Å². The van der Waals surface area contributed by atoms with Gasteiger partial charge in [0.05, 0.1) is 0 Å². The highest BCUT2D eigenvalue weighted by Gasteiger charge is 2.15. The van der Waals surface area contributed by atoms with E-state index in [1.807, 2.05) is 0 Å². The molecule has 0 amide bonds. The first-order chi connectivity index (χ1) is 4.97. The van der Waals surface area contributed by atoms with Gasteiger partial charge in [-0.25, -0.2) is 0 Å². The van der Waals surface area contributed by atoms with Crippen molar-refractivity contribution in [2.45, 2.75) is 6.04 Å². The van der Waals surface area contributed by atoms with Crippen LogP contribution in [0.15, 0.2) is 27.1 Å². The fourth-order valence-corrected chi connectivity index (χ4v) is 2.35. The van der Waals surface area contributed by atoms with Crippen LogP contribution in [0.5, 0.6) is 0 Å². The van der Waals surface area contributed by atoms with Crippen LogP contribution in [-0.2, 0) is 0 Å². The Labute approximate surface area is 67.5 Å². The van der Waals surface area contributed by atoms with Crippen molar-refractivity contribution in [1.29, 1.82) is 0 Å². The number of hydrogen-bond acceptors (Lipinski definition) is 4. The summed E-state index contributed by atoms with van der Waals surface area (Å²) in [5.74, 6) is 1.01. The van der Waals surface area contributed by atoms with Gasteiger partial charge in [0, 0.05) is 10.6 Å². The molecule has 10 heavy (non-hydrogen) atoms. The van der Waals surface area contributed by atoms with Crippen LogP contribution in [-0.4, -0.2) is 5.75 Å². The molecular formula is C6H6N2S2. The van der Waals surface area contributed by atoms with Gasteiger partial charge in [-0.3, -0.25) is 0 Å². The molecule has 0 N–H and O–H groups in total. The molecule has 1 aromatic rings. The smallest absolute Gasteiger partial charge is 0.117 e. The Morgan fingerprint density at radius 3 is 3.20 bits per heavy atom. The van der Waals surface area contributed by atoms with Gasteiger partial charge in [0.2, 0.25) is 0 Å². The van der Waals surface area contributed by atoms with Crippen LogP contribution in [0.4, 0.5) is 0 Å². The van der Waals surface area contributed by atoms with Gasteiger partial charge in [0.1, 0.15) is 6.04 Å². The maximum Gasteiger partial charge on any atom is 0.117 e. The van der Waals surface area contributed by atoms with Gasteiger partial charge < -0.3 is 0 Å². The van der Waals surface area contributed by atoms with Gasteiger partial charge in [-0.1, -0.05) is 6.07 Å². The molecule has 2 heterocycles. The van der Waals surface area contributed by atoms with Crippen LogP contribution in [0.3, 0.4) is 0 Å². The van der Waals surface area contributed by atoms with E-state index in [1.165, 1.54) is 4.88 Å². The SMILES string of the molecule is c1csc(C2CSN=N2)c1. The molecule has 1 aliphatic rings. The van der Waals surface area contributed by atoms with E-state index in [0.717, 1.165) is 5.75 Å². The molecular weight excluding hydrogens is 164 g/mol. The highest BCUT2D eigenvalue weighted by molar-refractivity contribution is 7.98. The standard InChI is InChI=1S/C6H6N2S2/c1-2-6(9-3-1)5-4-10-8-7-5/h1-3,5H,4H2. The van der Waals surface area contributed by atoms with Crippen LogP contribution in [0.2, 0.25) is 0 Å². The molecule has 0 saturated heterocycles. The van der Waals surface area contributed by atoms with Gasteiger partial charge in [-0.15, -0.1) is 15.9 Å². The number of thiophene rings is 1. The molecule has 1 unspecified atom stereocenters. The van der Waals surface area contributed by atoms with Crippen LogP contribution in [0.25, 0.3) is 0 Å². The summed E-state index contributed by atoms with van der Waals surface area (Å²) in [6.45, 7) is 0. The monoisotopic (exact) mass is 170 g/mol. The number of rotatable bonds is 1. The lowest BCUT2D eigenvalue weighted by atomic mass is 10.3. The summed E-state index contributed by atoms with van der Waals surface area (Å²) in [5, 5.41) is 6.15. The maximum atomic E-state index is 4.08. The molecule has 0 bridgehead atoms. The predicted octanol–water partition coefficient (Wildman–Crippen LogP) is 2.90. The molecule has 2 rings (SSSR count). The lowest BCUT2D eigenvalue weighted by molar-refractivity contribution is 0.834. The first kappa shape index (κ1) is 6.37. The third-order valence-corrected chi connectivity index (χ3v) is 3.00. The summed E-state index contributed by atoms with van der Waals surface area (Å²) in [4.78, 5) is 1.33. The molecule has 1 aromatic heterocycles. The second-order valence-corrected chi connectivity index (χ2v) is 3.76. The van der Waals surface area contributed by atoms with Crippen LogP contribution < -0.4 is 0 Å². The van der Waals surface area contributed by atoms with E-state index in [2.05, 4.69) is 27.1 Å². The number of nitrogens with zero attached hydrogens (tertiary/aromatic N) is 2. The molecule has 52 valence electrons. The van der Waals surface area contributed by atoms with Crippen molar-refractivity contribution in [3.8, 4) is 0 Å². The lowest BCUT2D eigenvalue weighted by Crippen LogP contribution is -1.88. The van der Waals surface area contributed by atoms with Gasteiger partial charge in [-0.05, 0) is 23.4 Å². The molecule has 2 nitrogen and oxygen atoms in total. The quantitative estimate of drug-likeness (QED) is 0.595. The van der Waals surface area contributed by atoms with Crippen LogP contribution in [0, 0.1) is 0 Å². The fraction of sp³-hybridized carbons (Fsp3) is 0.333. The lowest BCUT2D eigenvalue weighted by Gasteiger charge is -1.96. The van der Waals surface area contributed by atoms with E-state index in [-0.39, 0.29) is 0 Å². The Hall–Kier alpha value is -0.350. The van der Waals surface area contributed by atoms with Gasteiger partial charge in [0.15, 0.2) is 0 Å². The molecule has 0 fully saturated rings. The average molecular weight is 170 g/mol. The minimum absolute atomic E-state index is 0.338. The molecule has 0 aliphatic carbocycles. The number of hydrogen-bond donors (Lipinski definition) is 0. The van der Waals surface area contributed by atoms with Crippen LogP contribution in [0.1, 0.15) is 10.9 Å². The van der Waals surface area contributed by atoms with Gasteiger partial charge in [-0.2, -0.15) is 5.11 Å². The molecule has 1 aliphatic heterocycles. The van der Waals surface area contributed by atoms with Crippen LogP contribution >= 0.6 is 23.3 Å². The Morgan fingerprint density at radius 1 is 1.60 bits per heavy atom. The van der Waals surface area contributed by atoms with E-state index in [4.69, 9.17) is 0 Å². The van der Waals surface area contributed by atoms with Crippen molar-refractivity contribution < 1.29 is 0 Å². The third-order valence-electron chi connectivity index (χ3n) is 1.35. The molecule has 1 atom stereocenters. The summed E-state index contributed by atoms with van der Waals surface area (Å²) >= 11 is 3.30. The second kappa shape index (κ2) is 2.72. The maximum absolute atomic E-state index is 4.08. The van der Waals surface area contributed by atoms with Crippen molar-refractivity contribution in [1.82, 2.24) is 0 Å². The zero-order valence-corrected chi connectivity index (χ0v) is 6.86. The average Bonchev–Trinajstić information content (AvgIpc) is 2.59. The van der Waals surface area contributed by atoms with Gasteiger partial charge in [0.25, 0.3) is 0 Å². The molecule has 0 spiro atoms. The minimum Gasteiger partial charge on any atom is -0.172 e. The second-order valence-electron chi connectivity index (χ2n) is 2.02. The van der Waals surface area contributed by atoms with Crippen molar-refractivity contribution in [2.75, 3.05) is 5.75 Å². The van der Waals surface area contributed by atoms with E-state index in [9.17, 15) is 0 Å². The Kier molecular flexibility index (Phi) is 1.73. The largest absolute Gasteiger partial charge is 0.172 e. The Morgan fingerprint density at radius 2 is 2.60 bits per heavy atom. The highest BCUT2D eigenvalue weighted by Crippen LogP contribution is 2.32. The zero-order chi connectivity index (χ0) is 6.81. The normalized spacial score (nSPS) is 23.8. The first-order valence-corrected chi connectivity index (χ1v) is 4.84. The van der Waals surface area contributed by atoms with E-state index in [1.54, 1.807) is 23.3 Å². The fourth-order valence-electron chi connectivity index (χ4n) is 0.847. The highest BCUT2D eigenvalue weighted by atomic mass is 32.2. The minimum atomic E-state index is 0.338. The van der Waals surface area contributed by atoms with Crippen molar-refractivity contribution in [3.05, 3.63) is 22.4 Å². The molecule has 0 saturated carbocycles. The third kappa shape index (κ3) is 1.09. The summed E-state index contributed by atoms with van der Waals surface area (Å²) in [6, 6.07) is 4.50. The predicted molar refractivity (Wildman–Crippen MR) is 44.4 cm³/mol.